The van der Waals surface area contributed by atoms with Crippen molar-refractivity contribution in [3.8, 4) is 11.5 Å². The minimum atomic E-state index is -3.70. The molecule has 156 valence electrons. The van der Waals surface area contributed by atoms with Gasteiger partial charge in [-0.05, 0) is 36.8 Å². The summed E-state index contributed by atoms with van der Waals surface area (Å²) < 4.78 is 43.1. The van der Waals surface area contributed by atoms with E-state index in [4.69, 9.17) is 14.2 Å². The van der Waals surface area contributed by atoms with E-state index in [0.29, 0.717) is 49.1 Å². The molecule has 1 aliphatic rings. The van der Waals surface area contributed by atoms with Gasteiger partial charge in [-0.15, -0.1) is 0 Å². The van der Waals surface area contributed by atoms with Gasteiger partial charge in [-0.25, -0.2) is 8.42 Å². The third-order valence-corrected chi connectivity index (χ3v) is 6.72. The van der Waals surface area contributed by atoms with Gasteiger partial charge in [0, 0.05) is 30.4 Å². The Morgan fingerprint density at radius 1 is 1.03 bits per heavy atom. The quantitative estimate of drug-likeness (QED) is 0.771. The summed E-state index contributed by atoms with van der Waals surface area (Å²) in [5, 5.41) is 2.76. The summed E-state index contributed by atoms with van der Waals surface area (Å²) in [5.41, 5.74) is 1.34. The van der Waals surface area contributed by atoms with Crippen LogP contribution in [0, 0.1) is 6.92 Å². The molecular weight excluding hydrogens is 396 g/mol. The van der Waals surface area contributed by atoms with Crippen molar-refractivity contribution in [2.45, 2.75) is 11.8 Å². The summed E-state index contributed by atoms with van der Waals surface area (Å²) in [7, 11) is -0.672. The van der Waals surface area contributed by atoms with Gasteiger partial charge in [-0.1, -0.05) is 6.07 Å². The zero-order chi connectivity index (χ0) is 21.0. The number of amides is 1. The molecule has 0 atom stereocenters. The molecule has 1 amide bonds. The van der Waals surface area contributed by atoms with E-state index >= 15 is 0 Å². The summed E-state index contributed by atoms with van der Waals surface area (Å²) in [5.74, 6) is 0.597. The highest BCUT2D eigenvalue weighted by Crippen LogP contribution is 2.30. The SMILES string of the molecule is COc1ccc(NC(=O)c2ccc(C)c(S(=O)(=O)N3CCOCC3)c2)cc1OC. The molecule has 0 bridgehead atoms. The molecule has 0 saturated carbocycles. The van der Waals surface area contributed by atoms with Gasteiger partial charge >= 0.3 is 0 Å². The number of hydrogen-bond acceptors (Lipinski definition) is 6. The second kappa shape index (κ2) is 8.81. The van der Waals surface area contributed by atoms with Gasteiger partial charge in [-0.2, -0.15) is 4.31 Å². The Labute approximate surface area is 170 Å². The Hall–Kier alpha value is -2.62. The van der Waals surface area contributed by atoms with Crippen molar-refractivity contribution >= 4 is 21.6 Å². The maximum atomic E-state index is 13.0. The highest BCUT2D eigenvalue weighted by atomic mass is 32.2. The van der Waals surface area contributed by atoms with E-state index in [1.807, 2.05) is 0 Å². The standard InChI is InChI=1S/C20H24N2O6S/c1-14-4-5-15(12-19(14)29(24,25)22-8-10-28-11-9-22)20(23)21-16-6-7-17(26-2)18(13-16)27-3/h4-7,12-13H,8-11H2,1-3H3,(H,21,23). The van der Waals surface area contributed by atoms with Crippen LogP contribution < -0.4 is 14.8 Å². The molecule has 3 rings (SSSR count). The van der Waals surface area contributed by atoms with Crippen LogP contribution in [0.1, 0.15) is 15.9 Å². The number of sulfonamides is 1. The second-order valence-corrected chi connectivity index (χ2v) is 8.43. The molecule has 29 heavy (non-hydrogen) atoms. The van der Waals surface area contributed by atoms with E-state index in [0.717, 1.165) is 0 Å². The molecule has 2 aromatic carbocycles. The monoisotopic (exact) mass is 420 g/mol. The molecule has 0 aliphatic carbocycles. The summed E-state index contributed by atoms with van der Waals surface area (Å²) in [4.78, 5) is 12.8. The fraction of sp³-hybridized carbons (Fsp3) is 0.350. The van der Waals surface area contributed by atoms with E-state index in [-0.39, 0.29) is 10.5 Å². The number of methoxy groups -OCH3 is 2. The predicted molar refractivity (Wildman–Crippen MR) is 108 cm³/mol. The molecule has 2 aromatic rings. The molecule has 0 unspecified atom stereocenters. The zero-order valence-corrected chi connectivity index (χ0v) is 17.4. The summed E-state index contributed by atoms with van der Waals surface area (Å²) in [6.45, 7) is 3.02. The Morgan fingerprint density at radius 3 is 2.38 bits per heavy atom. The lowest BCUT2D eigenvalue weighted by molar-refractivity contribution is 0.0730. The zero-order valence-electron chi connectivity index (χ0n) is 16.6. The van der Waals surface area contributed by atoms with E-state index < -0.39 is 15.9 Å². The van der Waals surface area contributed by atoms with Crippen LogP contribution in [-0.4, -0.2) is 59.2 Å². The topological polar surface area (TPSA) is 94.2 Å². The van der Waals surface area contributed by atoms with Crippen molar-refractivity contribution in [3.63, 3.8) is 0 Å². The minimum absolute atomic E-state index is 0.124. The molecule has 0 spiro atoms. The number of morpholine rings is 1. The van der Waals surface area contributed by atoms with E-state index in [1.165, 1.54) is 24.6 Å². The Bertz CT molecular complexity index is 1000. The molecule has 1 fully saturated rings. The fourth-order valence-electron chi connectivity index (χ4n) is 3.06. The number of carbonyl (C=O) groups is 1. The number of benzene rings is 2. The summed E-state index contributed by atoms with van der Waals surface area (Å²) in [6, 6.07) is 9.64. The highest BCUT2D eigenvalue weighted by Gasteiger charge is 2.28. The van der Waals surface area contributed by atoms with Crippen molar-refractivity contribution in [2.75, 3.05) is 45.8 Å². The van der Waals surface area contributed by atoms with Crippen LogP contribution >= 0.6 is 0 Å². The molecule has 1 aliphatic heterocycles. The van der Waals surface area contributed by atoms with Crippen LogP contribution in [0.3, 0.4) is 0 Å². The first-order chi connectivity index (χ1) is 13.9. The molecule has 1 heterocycles. The van der Waals surface area contributed by atoms with Crippen molar-refractivity contribution in [2.24, 2.45) is 0 Å². The first-order valence-corrected chi connectivity index (χ1v) is 10.5. The van der Waals surface area contributed by atoms with Crippen molar-refractivity contribution in [3.05, 3.63) is 47.5 Å². The van der Waals surface area contributed by atoms with Crippen LogP contribution in [0.5, 0.6) is 11.5 Å². The van der Waals surface area contributed by atoms with Crippen molar-refractivity contribution in [1.29, 1.82) is 0 Å². The Kier molecular flexibility index (Phi) is 6.41. The average molecular weight is 420 g/mol. The van der Waals surface area contributed by atoms with E-state index in [9.17, 15) is 13.2 Å². The van der Waals surface area contributed by atoms with Gasteiger partial charge in [0.1, 0.15) is 0 Å². The van der Waals surface area contributed by atoms with Crippen LogP contribution in [0.15, 0.2) is 41.3 Å². The molecule has 0 aromatic heterocycles. The van der Waals surface area contributed by atoms with E-state index in [2.05, 4.69) is 5.32 Å². The lowest BCUT2D eigenvalue weighted by atomic mass is 10.1. The van der Waals surface area contributed by atoms with Gasteiger partial charge in [0.15, 0.2) is 11.5 Å². The number of aryl methyl sites for hydroxylation is 1. The fourth-order valence-corrected chi connectivity index (χ4v) is 4.72. The first-order valence-electron chi connectivity index (χ1n) is 9.08. The van der Waals surface area contributed by atoms with Gasteiger partial charge in [-0.3, -0.25) is 4.79 Å². The van der Waals surface area contributed by atoms with Gasteiger partial charge in [0.05, 0.1) is 32.3 Å². The molecule has 1 saturated heterocycles. The third-order valence-electron chi connectivity index (χ3n) is 4.68. The van der Waals surface area contributed by atoms with Crippen molar-refractivity contribution in [1.82, 2.24) is 4.31 Å². The first kappa shape index (κ1) is 21.1. The molecule has 0 radical (unpaired) electrons. The van der Waals surface area contributed by atoms with Crippen LogP contribution in [0.25, 0.3) is 0 Å². The van der Waals surface area contributed by atoms with Crippen LogP contribution in [0.2, 0.25) is 0 Å². The normalized spacial score (nSPS) is 15.0. The van der Waals surface area contributed by atoms with Gasteiger partial charge in [0.25, 0.3) is 5.91 Å². The van der Waals surface area contributed by atoms with Crippen molar-refractivity contribution < 1.29 is 27.4 Å². The Morgan fingerprint density at radius 2 is 1.72 bits per heavy atom. The highest BCUT2D eigenvalue weighted by molar-refractivity contribution is 7.89. The molecule has 9 heteroatoms. The molecule has 8 nitrogen and oxygen atoms in total. The number of nitrogens with one attached hydrogen (secondary N) is 1. The van der Waals surface area contributed by atoms with Crippen LogP contribution in [-0.2, 0) is 14.8 Å². The lowest BCUT2D eigenvalue weighted by Crippen LogP contribution is -2.40. The second-order valence-electron chi connectivity index (χ2n) is 6.52. The number of nitrogens with zero attached hydrogens (tertiary/aromatic N) is 1. The summed E-state index contributed by atoms with van der Waals surface area (Å²) in [6.07, 6.45) is 0. The summed E-state index contributed by atoms with van der Waals surface area (Å²) >= 11 is 0. The number of ether oxygens (including phenoxy) is 3. The average Bonchev–Trinajstić information content (AvgIpc) is 2.74. The smallest absolute Gasteiger partial charge is 0.255 e. The van der Waals surface area contributed by atoms with Crippen LogP contribution in [0.4, 0.5) is 5.69 Å². The number of rotatable bonds is 6. The lowest BCUT2D eigenvalue weighted by Gasteiger charge is -2.26. The maximum Gasteiger partial charge on any atom is 0.255 e. The number of anilines is 1. The number of hydrogen-bond donors (Lipinski definition) is 1. The molecule has 1 N–H and O–H groups in total. The largest absolute Gasteiger partial charge is 0.493 e. The Balaban J connectivity index is 1.86. The predicted octanol–water partition coefficient (Wildman–Crippen LogP) is 2.29. The minimum Gasteiger partial charge on any atom is -0.493 e. The number of carbonyl (C=O) groups excluding carboxylic acids is 1. The van der Waals surface area contributed by atoms with Gasteiger partial charge < -0.3 is 19.5 Å². The third kappa shape index (κ3) is 4.52. The van der Waals surface area contributed by atoms with E-state index in [1.54, 1.807) is 37.3 Å². The van der Waals surface area contributed by atoms with Gasteiger partial charge in [0.2, 0.25) is 10.0 Å². The maximum absolute atomic E-state index is 13.0. The molecular formula is C20H24N2O6S.